The molecule has 0 unspecified atom stereocenters. The molecule has 31 heavy (non-hydrogen) atoms. The van der Waals surface area contributed by atoms with Crippen LogP contribution in [0.5, 0.6) is 0 Å². The van der Waals surface area contributed by atoms with Crippen molar-refractivity contribution in [3.05, 3.63) is 112 Å². The third-order valence-corrected chi connectivity index (χ3v) is 4.92. The number of fused-ring (bicyclic) bond motifs is 1. The predicted octanol–water partition coefficient (Wildman–Crippen LogP) is 4.29. The molecule has 4 aromatic rings. The van der Waals surface area contributed by atoms with Crippen LogP contribution >= 0.6 is 0 Å². The van der Waals surface area contributed by atoms with Crippen LogP contribution in [0.3, 0.4) is 0 Å². The van der Waals surface area contributed by atoms with Gasteiger partial charge in [-0.05, 0) is 17.2 Å². The SMILES string of the molecule is O=C(Cc1ccc([N+](=O)[O-])cc1)N/N=C/c1cn(Cc2ccccc2)c2ccccc12. The number of rotatable bonds is 7. The molecule has 3 aromatic carbocycles. The topological polar surface area (TPSA) is 89.5 Å². The highest BCUT2D eigenvalue weighted by molar-refractivity contribution is 5.99. The Morgan fingerprint density at radius 3 is 2.42 bits per heavy atom. The van der Waals surface area contributed by atoms with Gasteiger partial charge in [-0.1, -0.05) is 60.7 Å². The minimum absolute atomic E-state index is 0.00549. The minimum atomic E-state index is -0.470. The molecule has 0 aliphatic carbocycles. The number of hydrogen-bond donors (Lipinski definition) is 1. The van der Waals surface area contributed by atoms with Crippen LogP contribution < -0.4 is 5.43 Å². The minimum Gasteiger partial charge on any atom is -0.342 e. The molecule has 7 heteroatoms. The lowest BCUT2D eigenvalue weighted by Crippen LogP contribution is -2.19. The van der Waals surface area contributed by atoms with Crippen molar-refractivity contribution in [3.63, 3.8) is 0 Å². The number of nitro benzene ring substituents is 1. The first-order valence-electron chi connectivity index (χ1n) is 9.77. The highest BCUT2D eigenvalue weighted by atomic mass is 16.6. The van der Waals surface area contributed by atoms with Crippen molar-refractivity contribution in [2.45, 2.75) is 13.0 Å². The van der Waals surface area contributed by atoms with Crippen LogP contribution in [0, 0.1) is 10.1 Å². The first kappa shape index (κ1) is 20.0. The van der Waals surface area contributed by atoms with Crippen LogP contribution in [0.25, 0.3) is 10.9 Å². The molecule has 7 nitrogen and oxygen atoms in total. The van der Waals surface area contributed by atoms with Gasteiger partial charge in [0.1, 0.15) is 0 Å². The van der Waals surface area contributed by atoms with E-state index in [1.807, 2.05) is 42.6 Å². The Kier molecular flexibility index (Phi) is 5.84. The molecule has 0 spiro atoms. The Morgan fingerprint density at radius 1 is 0.968 bits per heavy atom. The number of carbonyl (C=O) groups is 1. The van der Waals surface area contributed by atoms with E-state index in [1.165, 1.54) is 17.7 Å². The first-order chi connectivity index (χ1) is 15.1. The average Bonchev–Trinajstić information content (AvgIpc) is 3.12. The summed E-state index contributed by atoms with van der Waals surface area (Å²) in [6.45, 7) is 0.738. The fourth-order valence-electron chi connectivity index (χ4n) is 3.42. The van der Waals surface area contributed by atoms with Crippen molar-refractivity contribution in [3.8, 4) is 0 Å². The number of non-ortho nitro benzene ring substituents is 1. The summed E-state index contributed by atoms with van der Waals surface area (Å²) in [7, 11) is 0. The lowest BCUT2D eigenvalue weighted by molar-refractivity contribution is -0.384. The second-order valence-electron chi connectivity index (χ2n) is 7.11. The number of carbonyl (C=O) groups excluding carboxylic acids is 1. The summed E-state index contributed by atoms with van der Waals surface area (Å²) < 4.78 is 2.16. The van der Waals surface area contributed by atoms with Gasteiger partial charge in [-0.25, -0.2) is 5.43 Å². The Balaban J connectivity index is 1.45. The molecular weight excluding hydrogens is 392 g/mol. The quantitative estimate of drug-likeness (QED) is 0.279. The largest absolute Gasteiger partial charge is 0.342 e. The molecule has 0 aliphatic rings. The number of nitrogens with zero attached hydrogens (tertiary/aromatic N) is 3. The van der Waals surface area contributed by atoms with E-state index in [4.69, 9.17) is 0 Å². The summed E-state index contributed by atoms with van der Waals surface area (Å²) in [6, 6.07) is 24.2. The van der Waals surface area contributed by atoms with Gasteiger partial charge in [-0.15, -0.1) is 0 Å². The fourth-order valence-corrected chi connectivity index (χ4v) is 3.42. The molecule has 0 saturated heterocycles. The third kappa shape index (κ3) is 4.84. The molecule has 0 saturated carbocycles. The average molecular weight is 412 g/mol. The number of hydrazone groups is 1. The zero-order valence-electron chi connectivity index (χ0n) is 16.6. The van der Waals surface area contributed by atoms with Crippen LogP contribution in [0.15, 0.2) is 90.2 Å². The zero-order chi connectivity index (χ0) is 21.6. The van der Waals surface area contributed by atoms with E-state index in [0.29, 0.717) is 5.56 Å². The van der Waals surface area contributed by atoms with Gasteiger partial charge in [0.05, 0.1) is 17.6 Å². The molecule has 1 aromatic heterocycles. The van der Waals surface area contributed by atoms with Crippen molar-refractivity contribution in [2.75, 3.05) is 0 Å². The maximum atomic E-state index is 12.2. The van der Waals surface area contributed by atoms with Crippen LogP contribution in [0.4, 0.5) is 5.69 Å². The number of benzene rings is 3. The van der Waals surface area contributed by atoms with Crippen molar-refractivity contribution < 1.29 is 9.72 Å². The molecule has 0 atom stereocenters. The molecule has 0 fully saturated rings. The molecule has 154 valence electrons. The van der Waals surface area contributed by atoms with Gasteiger partial charge in [0.25, 0.3) is 5.69 Å². The lowest BCUT2D eigenvalue weighted by Gasteiger charge is -2.05. The Bertz CT molecular complexity index is 1250. The number of para-hydroxylation sites is 1. The third-order valence-electron chi connectivity index (χ3n) is 4.92. The van der Waals surface area contributed by atoms with E-state index in [-0.39, 0.29) is 18.0 Å². The van der Waals surface area contributed by atoms with E-state index in [9.17, 15) is 14.9 Å². The standard InChI is InChI=1S/C24H20N4O3/c29-24(14-18-10-12-21(13-11-18)28(30)31)26-25-15-20-17-27(16-19-6-2-1-3-7-19)23-9-5-4-8-22(20)23/h1-13,15,17H,14,16H2,(H,26,29)/b25-15+. The predicted molar refractivity (Wildman–Crippen MR) is 120 cm³/mol. The Hall–Kier alpha value is -4.26. The zero-order valence-corrected chi connectivity index (χ0v) is 16.6. The number of nitrogens with one attached hydrogen (secondary N) is 1. The van der Waals surface area contributed by atoms with Gasteiger partial charge in [0.15, 0.2) is 0 Å². The lowest BCUT2D eigenvalue weighted by atomic mass is 10.1. The molecular formula is C24H20N4O3. The van der Waals surface area contributed by atoms with Gasteiger partial charge in [-0.2, -0.15) is 5.10 Å². The number of amides is 1. The molecule has 1 N–H and O–H groups in total. The van der Waals surface area contributed by atoms with E-state index in [0.717, 1.165) is 23.0 Å². The summed E-state index contributed by atoms with van der Waals surface area (Å²) in [5.74, 6) is -0.293. The van der Waals surface area contributed by atoms with Gasteiger partial charge < -0.3 is 4.57 Å². The van der Waals surface area contributed by atoms with Crippen LogP contribution in [0.2, 0.25) is 0 Å². The summed E-state index contributed by atoms with van der Waals surface area (Å²) >= 11 is 0. The van der Waals surface area contributed by atoms with E-state index in [2.05, 4.69) is 33.3 Å². The second-order valence-corrected chi connectivity index (χ2v) is 7.11. The van der Waals surface area contributed by atoms with Gasteiger partial charge in [0, 0.05) is 41.3 Å². The molecule has 0 radical (unpaired) electrons. The van der Waals surface area contributed by atoms with Crippen molar-refractivity contribution in [1.82, 2.24) is 9.99 Å². The number of nitro groups is 1. The molecule has 4 rings (SSSR count). The van der Waals surface area contributed by atoms with Crippen LogP contribution in [0.1, 0.15) is 16.7 Å². The maximum Gasteiger partial charge on any atom is 0.269 e. The molecule has 0 aliphatic heterocycles. The monoisotopic (exact) mass is 412 g/mol. The first-order valence-corrected chi connectivity index (χ1v) is 9.77. The van der Waals surface area contributed by atoms with Crippen molar-refractivity contribution >= 4 is 28.7 Å². The number of aromatic nitrogens is 1. The highest BCUT2D eigenvalue weighted by Crippen LogP contribution is 2.21. The Morgan fingerprint density at radius 2 is 1.68 bits per heavy atom. The van der Waals surface area contributed by atoms with Crippen LogP contribution in [-0.4, -0.2) is 21.6 Å². The van der Waals surface area contributed by atoms with E-state index < -0.39 is 4.92 Å². The second kappa shape index (κ2) is 9.04. The molecule has 1 amide bonds. The summed E-state index contributed by atoms with van der Waals surface area (Å²) in [5, 5.41) is 15.9. The van der Waals surface area contributed by atoms with Gasteiger partial charge in [0.2, 0.25) is 5.91 Å². The summed E-state index contributed by atoms with van der Waals surface area (Å²) in [6.07, 6.45) is 3.74. The molecule has 1 heterocycles. The summed E-state index contributed by atoms with van der Waals surface area (Å²) in [5.41, 5.74) is 6.39. The highest BCUT2D eigenvalue weighted by Gasteiger charge is 2.09. The van der Waals surface area contributed by atoms with E-state index in [1.54, 1.807) is 18.3 Å². The Labute approximate surface area is 178 Å². The van der Waals surface area contributed by atoms with E-state index >= 15 is 0 Å². The van der Waals surface area contributed by atoms with Crippen molar-refractivity contribution in [1.29, 1.82) is 0 Å². The van der Waals surface area contributed by atoms with Gasteiger partial charge in [-0.3, -0.25) is 14.9 Å². The van der Waals surface area contributed by atoms with Crippen molar-refractivity contribution in [2.24, 2.45) is 5.10 Å². The van der Waals surface area contributed by atoms with Gasteiger partial charge >= 0.3 is 0 Å². The number of hydrogen-bond acceptors (Lipinski definition) is 4. The maximum absolute atomic E-state index is 12.2. The fraction of sp³-hybridized carbons (Fsp3) is 0.0833. The summed E-state index contributed by atoms with van der Waals surface area (Å²) in [4.78, 5) is 22.4. The molecule has 0 bridgehead atoms. The van der Waals surface area contributed by atoms with Crippen LogP contribution in [-0.2, 0) is 17.8 Å². The smallest absolute Gasteiger partial charge is 0.269 e. The normalized spacial score (nSPS) is 11.1.